The predicted octanol–water partition coefficient (Wildman–Crippen LogP) is 5.54. The Labute approximate surface area is 147 Å². The van der Waals surface area contributed by atoms with E-state index in [1.807, 2.05) is 0 Å². The van der Waals surface area contributed by atoms with Crippen LogP contribution in [0, 0.1) is 0 Å². The molecule has 130 valence electrons. The van der Waals surface area contributed by atoms with Crippen LogP contribution in [-0.2, 0) is 6.42 Å². The summed E-state index contributed by atoms with van der Waals surface area (Å²) in [6.07, 6.45) is 5.99. The molecule has 0 saturated heterocycles. The number of ether oxygens (including phenoxy) is 1. The lowest BCUT2D eigenvalue weighted by atomic mass is 10.1. The highest BCUT2D eigenvalue weighted by molar-refractivity contribution is 5.35. The van der Waals surface area contributed by atoms with E-state index < -0.39 is 0 Å². The lowest BCUT2D eigenvalue weighted by Crippen LogP contribution is -2.22. The summed E-state index contributed by atoms with van der Waals surface area (Å²) in [6, 6.07) is 19.3. The van der Waals surface area contributed by atoms with Crippen molar-refractivity contribution in [3.8, 4) is 5.75 Å². The summed E-state index contributed by atoms with van der Waals surface area (Å²) in [6.45, 7) is 6.23. The normalized spacial score (nSPS) is 12.1. The second-order valence-electron chi connectivity index (χ2n) is 6.36. The number of benzene rings is 2. The van der Waals surface area contributed by atoms with E-state index in [2.05, 4.69) is 73.8 Å². The first-order valence-electron chi connectivity index (χ1n) is 9.30. The maximum absolute atomic E-state index is 6.03. The van der Waals surface area contributed by atoms with Gasteiger partial charge in [0, 0.05) is 11.6 Å². The number of rotatable bonds is 11. The fourth-order valence-corrected chi connectivity index (χ4v) is 2.87. The zero-order valence-electron chi connectivity index (χ0n) is 15.1. The van der Waals surface area contributed by atoms with Crippen molar-refractivity contribution in [2.45, 2.75) is 52.0 Å². The van der Waals surface area contributed by atoms with Crippen molar-refractivity contribution in [3.63, 3.8) is 0 Å². The number of hydrogen-bond acceptors (Lipinski definition) is 2. The highest BCUT2D eigenvalue weighted by Crippen LogP contribution is 2.25. The molecule has 0 spiro atoms. The summed E-state index contributed by atoms with van der Waals surface area (Å²) >= 11 is 0. The molecule has 2 nitrogen and oxygen atoms in total. The van der Waals surface area contributed by atoms with Gasteiger partial charge < -0.3 is 10.1 Å². The minimum atomic E-state index is 0.292. The molecule has 2 heteroatoms. The summed E-state index contributed by atoms with van der Waals surface area (Å²) < 4.78 is 6.03. The van der Waals surface area contributed by atoms with Crippen LogP contribution in [0.15, 0.2) is 54.6 Å². The van der Waals surface area contributed by atoms with Crippen LogP contribution < -0.4 is 10.1 Å². The minimum Gasteiger partial charge on any atom is -0.493 e. The number of unbranched alkanes of at least 4 members (excludes halogenated alkanes) is 3. The summed E-state index contributed by atoms with van der Waals surface area (Å²) in [4.78, 5) is 0. The molecule has 1 unspecified atom stereocenters. The van der Waals surface area contributed by atoms with Crippen molar-refractivity contribution in [3.05, 3.63) is 65.7 Å². The van der Waals surface area contributed by atoms with Gasteiger partial charge in [0.15, 0.2) is 0 Å². The maximum atomic E-state index is 6.03. The van der Waals surface area contributed by atoms with Gasteiger partial charge in [-0.05, 0) is 37.9 Å². The number of nitrogens with one attached hydrogen (secondary N) is 1. The molecule has 1 atom stereocenters. The standard InChI is InChI=1S/C22H31NO/c1-3-4-5-11-18-24-22-15-10-9-14-21(22)19(2)23-17-16-20-12-7-6-8-13-20/h6-10,12-15,19,23H,3-5,11,16-18H2,1-2H3. The van der Waals surface area contributed by atoms with Gasteiger partial charge in [-0.2, -0.15) is 0 Å². The molecule has 0 amide bonds. The van der Waals surface area contributed by atoms with Crippen molar-refractivity contribution in [1.82, 2.24) is 5.32 Å². The molecule has 24 heavy (non-hydrogen) atoms. The van der Waals surface area contributed by atoms with Crippen LogP contribution in [0.3, 0.4) is 0 Å². The zero-order valence-corrected chi connectivity index (χ0v) is 15.1. The van der Waals surface area contributed by atoms with Crippen LogP contribution in [0.25, 0.3) is 0 Å². The van der Waals surface area contributed by atoms with Gasteiger partial charge in [0.05, 0.1) is 6.61 Å². The summed E-state index contributed by atoms with van der Waals surface area (Å²) in [7, 11) is 0. The van der Waals surface area contributed by atoms with Crippen molar-refractivity contribution in [1.29, 1.82) is 0 Å². The van der Waals surface area contributed by atoms with Crippen LogP contribution in [0.1, 0.15) is 56.7 Å². The van der Waals surface area contributed by atoms with Crippen LogP contribution in [-0.4, -0.2) is 13.2 Å². The second kappa shape index (κ2) is 10.9. The van der Waals surface area contributed by atoms with E-state index in [0.29, 0.717) is 6.04 Å². The third-order valence-electron chi connectivity index (χ3n) is 4.35. The van der Waals surface area contributed by atoms with Crippen LogP contribution in [0.4, 0.5) is 0 Å². The molecule has 0 saturated carbocycles. The summed E-state index contributed by atoms with van der Waals surface area (Å²) in [5.41, 5.74) is 2.62. The summed E-state index contributed by atoms with van der Waals surface area (Å²) in [5, 5.41) is 3.62. The van der Waals surface area contributed by atoms with Crippen molar-refractivity contribution in [2.75, 3.05) is 13.2 Å². The quantitative estimate of drug-likeness (QED) is 0.548. The molecule has 0 aliphatic heterocycles. The molecule has 2 rings (SSSR count). The fraction of sp³-hybridized carbons (Fsp3) is 0.455. The Morgan fingerprint density at radius 3 is 2.46 bits per heavy atom. The molecule has 1 N–H and O–H groups in total. The molecule has 2 aromatic rings. The Morgan fingerprint density at radius 2 is 1.67 bits per heavy atom. The average Bonchev–Trinajstić information content (AvgIpc) is 2.63. The second-order valence-corrected chi connectivity index (χ2v) is 6.36. The SMILES string of the molecule is CCCCCCOc1ccccc1C(C)NCCc1ccccc1. The van der Waals surface area contributed by atoms with E-state index in [-0.39, 0.29) is 0 Å². The lowest BCUT2D eigenvalue weighted by Gasteiger charge is -2.18. The predicted molar refractivity (Wildman–Crippen MR) is 103 cm³/mol. The molecule has 0 bridgehead atoms. The van der Waals surface area contributed by atoms with Crippen LogP contribution in [0.2, 0.25) is 0 Å². The van der Waals surface area contributed by atoms with Crippen LogP contribution in [0.5, 0.6) is 5.75 Å². The largest absolute Gasteiger partial charge is 0.493 e. The van der Waals surface area contributed by atoms with E-state index in [0.717, 1.165) is 31.7 Å². The van der Waals surface area contributed by atoms with Gasteiger partial charge in [-0.25, -0.2) is 0 Å². The molecule has 2 aromatic carbocycles. The van der Waals surface area contributed by atoms with E-state index in [1.165, 1.54) is 30.4 Å². The van der Waals surface area contributed by atoms with Gasteiger partial charge >= 0.3 is 0 Å². The summed E-state index contributed by atoms with van der Waals surface area (Å²) in [5.74, 6) is 1.02. The van der Waals surface area contributed by atoms with Gasteiger partial charge in [0.1, 0.15) is 5.75 Å². The molecule has 0 aliphatic carbocycles. The Bertz CT molecular complexity index is 567. The van der Waals surface area contributed by atoms with E-state index in [1.54, 1.807) is 0 Å². The molecular weight excluding hydrogens is 294 g/mol. The van der Waals surface area contributed by atoms with Crippen molar-refractivity contribution < 1.29 is 4.74 Å². The van der Waals surface area contributed by atoms with E-state index in [9.17, 15) is 0 Å². The van der Waals surface area contributed by atoms with Gasteiger partial charge in [-0.15, -0.1) is 0 Å². The van der Waals surface area contributed by atoms with Gasteiger partial charge in [-0.1, -0.05) is 74.7 Å². The van der Waals surface area contributed by atoms with Gasteiger partial charge in [-0.3, -0.25) is 0 Å². The van der Waals surface area contributed by atoms with Gasteiger partial charge in [0.2, 0.25) is 0 Å². The van der Waals surface area contributed by atoms with Crippen molar-refractivity contribution >= 4 is 0 Å². The highest BCUT2D eigenvalue weighted by atomic mass is 16.5. The molecule has 0 radical (unpaired) electrons. The first-order chi connectivity index (χ1) is 11.8. The zero-order chi connectivity index (χ0) is 17.0. The third-order valence-corrected chi connectivity index (χ3v) is 4.35. The smallest absolute Gasteiger partial charge is 0.124 e. The van der Waals surface area contributed by atoms with E-state index >= 15 is 0 Å². The third kappa shape index (κ3) is 6.37. The first-order valence-corrected chi connectivity index (χ1v) is 9.30. The molecule has 0 aliphatic rings. The first kappa shape index (κ1) is 18.5. The number of hydrogen-bond donors (Lipinski definition) is 1. The molecular formula is C22H31NO. The monoisotopic (exact) mass is 325 g/mol. The van der Waals surface area contributed by atoms with Crippen LogP contribution >= 0.6 is 0 Å². The highest BCUT2D eigenvalue weighted by Gasteiger charge is 2.10. The molecule has 0 fully saturated rings. The Hall–Kier alpha value is -1.80. The van der Waals surface area contributed by atoms with Crippen molar-refractivity contribution in [2.24, 2.45) is 0 Å². The molecule has 0 aromatic heterocycles. The topological polar surface area (TPSA) is 21.3 Å². The maximum Gasteiger partial charge on any atom is 0.124 e. The van der Waals surface area contributed by atoms with Gasteiger partial charge in [0.25, 0.3) is 0 Å². The Balaban J connectivity index is 1.81. The lowest BCUT2D eigenvalue weighted by molar-refractivity contribution is 0.299. The fourth-order valence-electron chi connectivity index (χ4n) is 2.87. The van der Waals surface area contributed by atoms with E-state index in [4.69, 9.17) is 4.74 Å². The Morgan fingerprint density at radius 1 is 0.917 bits per heavy atom. The minimum absolute atomic E-state index is 0.292. The Kier molecular flexibility index (Phi) is 8.40. The average molecular weight is 325 g/mol. The molecule has 0 heterocycles. The number of para-hydroxylation sites is 1.